The second kappa shape index (κ2) is 13.1. The predicted molar refractivity (Wildman–Crippen MR) is 158 cm³/mol. The van der Waals surface area contributed by atoms with E-state index >= 15 is 0 Å². The molecule has 4 aromatic carbocycles. The number of carbonyl (C=O) groups is 1. The number of para-hydroxylation sites is 1. The summed E-state index contributed by atoms with van der Waals surface area (Å²) < 4.78 is 5.87. The molecule has 0 spiro atoms. The molecule has 0 fully saturated rings. The Morgan fingerprint density at radius 2 is 1.44 bits per heavy atom. The highest BCUT2D eigenvalue weighted by Crippen LogP contribution is 2.34. The van der Waals surface area contributed by atoms with Crippen molar-refractivity contribution in [2.24, 2.45) is 0 Å². The zero-order valence-electron chi connectivity index (χ0n) is 22.3. The molecule has 5 heteroatoms. The normalized spacial score (nSPS) is 13.6. The van der Waals surface area contributed by atoms with Crippen LogP contribution in [0.3, 0.4) is 0 Å². The monoisotopic (exact) mass is 520 g/mol. The number of carbonyl (C=O) groups excluding carboxylic acids is 1. The first-order chi connectivity index (χ1) is 19.2. The highest BCUT2D eigenvalue weighted by atomic mass is 16.5. The average molecular weight is 521 g/mol. The van der Waals surface area contributed by atoms with E-state index in [1.807, 2.05) is 78.9 Å². The number of benzene rings is 4. The van der Waals surface area contributed by atoms with Gasteiger partial charge in [0, 0.05) is 18.7 Å². The van der Waals surface area contributed by atoms with Crippen LogP contribution in [0.1, 0.15) is 46.3 Å². The fraction of sp³-hybridized carbons (Fsp3) is 0.265. The maximum Gasteiger partial charge on any atom is 0.255 e. The number of amides is 1. The van der Waals surface area contributed by atoms with E-state index in [0.29, 0.717) is 18.7 Å². The van der Waals surface area contributed by atoms with Crippen LogP contribution in [-0.2, 0) is 19.4 Å². The van der Waals surface area contributed by atoms with E-state index in [4.69, 9.17) is 4.74 Å². The first kappa shape index (κ1) is 26.5. The van der Waals surface area contributed by atoms with Crippen molar-refractivity contribution in [2.75, 3.05) is 23.4 Å². The number of fused-ring (bicyclic) bond motifs is 1. The molecule has 0 aliphatic heterocycles. The summed E-state index contributed by atoms with van der Waals surface area (Å²) in [5.41, 5.74) is 6.06. The number of anilines is 2. The Morgan fingerprint density at radius 1 is 0.821 bits per heavy atom. The number of ether oxygens (including phenoxy) is 1. The van der Waals surface area contributed by atoms with Gasteiger partial charge in [-0.3, -0.25) is 4.79 Å². The third-order valence-corrected chi connectivity index (χ3v) is 7.17. The minimum atomic E-state index is -0.731. The molecular formula is C34H36N2O3. The van der Waals surface area contributed by atoms with Crippen LogP contribution in [0, 0.1) is 0 Å². The van der Waals surface area contributed by atoms with Crippen LogP contribution in [-0.4, -0.2) is 30.3 Å². The molecule has 0 heterocycles. The van der Waals surface area contributed by atoms with Gasteiger partial charge in [0.05, 0.1) is 11.4 Å². The topological polar surface area (TPSA) is 61.8 Å². The van der Waals surface area contributed by atoms with Crippen molar-refractivity contribution in [1.29, 1.82) is 0 Å². The Kier molecular flexibility index (Phi) is 8.92. The molecule has 0 aromatic heterocycles. The van der Waals surface area contributed by atoms with Crippen molar-refractivity contribution >= 4 is 17.3 Å². The van der Waals surface area contributed by atoms with Crippen molar-refractivity contribution in [3.63, 3.8) is 0 Å². The Labute approximate surface area is 231 Å². The summed E-state index contributed by atoms with van der Waals surface area (Å²) in [6.45, 7) is 1.12. The first-order valence-corrected chi connectivity index (χ1v) is 13.8. The molecular weight excluding hydrogens is 484 g/mol. The van der Waals surface area contributed by atoms with Gasteiger partial charge in [-0.15, -0.1) is 0 Å². The number of hydrogen-bond acceptors (Lipinski definition) is 4. The van der Waals surface area contributed by atoms with E-state index < -0.39 is 6.10 Å². The van der Waals surface area contributed by atoms with Crippen molar-refractivity contribution in [2.45, 2.75) is 44.8 Å². The lowest BCUT2D eigenvalue weighted by Gasteiger charge is -2.30. The van der Waals surface area contributed by atoms with E-state index in [-0.39, 0.29) is 12.5 Å². The molecule has 1 aliphatic carbocycles. The van der Waals surface area contributed by atoms with Crippen LogP contribution in [0.4, 0.5) is 11.4 Å². The second-order valence-electron chi connectivity index (χ2n) is 10.2. The minimum absolute atomic E-state index is 0.141. The van der Waals surface area contributed by atoms with Gasteiger partial charge < -0.3 is 20.1 Å². The molecule has 1 aliphatic rings. The number of nitrogens with one attached hydrogen (secondary N) is 1. The van der Waals surface area contributed by atoms with Crippen LogP contribution >= 0.6 is 0 Å². The standard InChI is InChI=1S/C34H36N2O3/c37-30(25-39-31-19-11-4-12-20-31)24-36(23-26-13-5-1-6-14-26)33-22-29-18-10-3-9-17-28(29)21-32(33)35-34(38)27-15-7-2-8-16-27/h1-2,4-8,11-16,19-22,30,37H,3,9-10,17-18,23-25H2,(H,35,38)/t30-/m0/s1. The highest BCUT2D eigenvalue weighted by Gasteiger charge is 2.21. The third-order valence-electron chi connectivity index (χ3n) is 7.17. The van der Waals surface area contributed by atoms with Gasteiger partial charge >= 0.3 is 0 Å². The summed E-state index contributed by atoms with van der Waals surface area (Å²) in [5, 5.41) is 14.3. The molecule has 0 bridgehead atoms. The van der Waals surface area contributed by atoms with Crippen molar-refractivity contribution < 1.29 is 14.6 Å². The van der Waals surface area contributed by atoms with Gasteiger partial charge in [-0.1, -0.05) is 73.2 Å². The molecule has 1 amide bonds. The van der Waals surface area contributed by atoms with Gasteiger partial charge in [0.1, 0.15) is 18.5 Å². The molecule has 5 nitrogen and oxygen atoms in total. The largest absolute Gasteiger partial charge is 0.491 e. The van der Waals surface area contributed by atoms with Crippen LogP contribution in [0.15, 0.2) is 103 Å². The summed E-state index contributed by atoms with van der Waals surface area (Å²) in [4.78, 5) is 15.4. The molecule has 0 saturated carbocycles. The molecule has 200 valence electrons. The van der Waals surface area contributed by atoms with Crippen molar-refractivity contribution in [1.82, 2.24) is 0 Å². The van der Waals surface area contributed by atoms with Gasteiger partial charge in [-0.05, 0) is 78.8 Å². The Hall–Kier alpha value is -4.09. The lowest BCUT2D eigenvalue weighted by atomic mass is 9.99. The van der Waals surface area contributed by atoms with Gasteiger partial charge in [0.2, 0.25) is 0 Å². The fourth-order valence-electron chi connectivity index (χ4n) is 5.16. The number of aryl methyl sites for hydroxylation is 2. The second-order valence-corrected chi connectivity index (χ2v) is 10.2. The van der Waals surface area contributed by atoms with Crippen molar-refractivity contribution in [3.05, 3.63) is 125 Å². The molecule has 2 N–H and O–H groups in total. The smallest absolute Gasteiger partial charge is 0.255 e. The van der Waals surface area contributed by atoms with E-state index in [1.54, 1.807) is 0 Å². The highest BCUT2D eigenvalue weighted by molar-refractivity contribution is 6.06. The SMILES string of the molecule is O=C(Nc1cc2c(cc1N(Cc1ccccc1)C[C@H](O)COc1ccccc1)CCCCC2)c1ccccc1. The Balaban J connectivity index is 1.47. The number of rotatable bonds is 10. The maximum atomic E-state index is 13.3. The molecule has 0 radical (unpaired) electrons. The first-order valence-electron chi connectivity index (χ1n) is 13.8. The van der Waals surface area contributed by atoms with Gasteiger partial charge in [-0.25, -0.2) is 0 Å². The van der Waals surface area contributed by atoms with Crippen molar-refractivity contribution in [3.8, 4) is 5.75 Å². The summed E-state index contributed by atoms with van der Waals surface area (Å²) >= 11 is 0. The fourth-order valence-corrected chi connectivity index (χ4v) is 5.16. The maximum absolute atomic E-state index is 13.3. The Morgan fingerprint density at radius 3 is 2.13 bits per heavy atom. The molecule has 5 rings (SSSR count). The van der Waals surface area contributed by atoms with E-state index in [2.05, 4.69) is 34.5 Å². The summed E-state index contributed by atoms with van der Waals surface area (Å²) in [7, 11) is 0. The van der Waals surface area contributed by atoms with E-state index in [9.17, 15) is 9.90 Å². The average Bonchev–Trinajstić information content (AvgIpc) is 3.22. The number of aliphatic hydroxyl groups excluding tert-OH is 1. The molecule has 4 aromatic rings. The van der Waals surface area contributed by atoms with Crippen LogP contribution in [0.25, 0.3) is 0 Å². The summed E-state index contributed by atoms with van der Waals surface area (Å²) in [6.07, 6.45) is 4.82. The number of nitrogens with zero attached hydrogens (tertiary/aromatic N) is 1. The van der Waals surface area contributed by atoms with Gasteiger partial charge in [-0.2, -0.15) is 0 Å². The molecule has 0 saturated heterocycles. The zero-order valence-corrected chi connectivity index (χ0v) is 22.3. The molecule has 0 unspecified atom stereocenters. The summed E-state index contributed by atoms with van der Waals surface area (Å²) in [6, 6.07) is 33.5. The number of hydrogen-bond donors (Lipinski definition) is 2. The lowest BCUT2D eigenvalue weighted by molar-refractivity contribution is 0.102. The lowest BCUT2D eigenvalue weighted by Crippen LogP contribution is -2.36. The van der Waals surface area contributed by atoms with Crippen LogP contribution in [0.2, 0.25) is 0 Å². The number of aliphatic hydroxyl groups is 1. The predicted octanol–water partition coefficient (Wildman–Crippen LogP) is 6.65. The molecule has 1 atom stereocenters. The summed E-state index contributed by atoms with van der Waals surface area (Å²) in [5.74, 6) is 0.588. The van der Waals surface area contributed by atoms with Gasteiger partial charge in [0.25, 0.3) is 5.91 Å². The van der Waals surface area contributed by atoms with Gasteiger partial charge in [0.15, 0.2) is 0 Å². The van der Waals surface area contributed by atoms with E-state index in [1.165, 1.54) is 17.5 Å². The third kappa shape index (κ3) is 7.27. The van der Waals surface area contributed by atoms with E-state index in [0.717, 1.165) is 48.4 Å². The van der Waals surface area contributed by atoms with Crippen LogP contribution in [0.5, 0.6) is 5.75 Å². The van der Waals surface area contributed by atoms with Crippen LogP contribution < -0.4 is 15.0 Å². The quantitative estimate of drug-likeness (QED) is 0.230. The Bertz CT molecular complexity index is 1340. The zero-order chi connectivity index (χ0) is 26.9. The minimum Gasteiger partial charge on any atom is -0.491 e. The molecule has 39 heavy (non-hydrogen) atoms.